The molecule has 1 aromatic carbocycles. The van der Waals surface area contributed by atoms with Crippen LogP contribution in [0.25, 0.3) is 0 Å². The van der Waals surface area contributed by atoms with Crippen molar-refractivity contribution in [3.05, 3.63) is 23.8 Å². The number of hydrogen-bond donors (Lipinski definition) is 0. The second kappa shape index (κ2) is 8.81. The quantitative estimate of drug-likeness (QED) is 0.400. The lowest BCUT2D eigenvalue weighted by molar-refractivity contribution is -0.141. The maximum atomic E-state index is 13.2. The van der Waals surface area contributed by atoms with Gasteiger partial charge in [0.25, 0.3) is 0 Å². The number of rotatable bonds is 5. The van der Waals surface area contributed by atoms with Gasteiger partial charge in [0.1, 0.15) is 0 Å². The summed E-state index contributed by atoms with van der Waals surface area (Å²) in [6.07, 6.45) is 0.389. The Morgan fingerprint density at radius 3 is 1.71 bits per heavy atom. The molecule has 7 nitrogen and oxygen atoms in total. The van der Waals surface area contributed by atoms with Gasteiger partial charge in [0.05, 0.1) is 11.8 Å². The maximum Gasteiger partial charge on any atom is 0.308 e. The van der Waals surface area contributed by atoms with Gasteiger partial charge in [-0.25, -0.2) is 0 Å². The molecule has 170 valence electrons. The largest absolute Gasteiger partial charge is 0.423 e. The standard InChI is InChI=1S/C24H33NO6/c1-14(26)30-17-10-9-16(13-18(17)31-15(2)27)11-12-25-21(28)19(23(3,4)5)20(22(25)29)24(6,7)8/h9-10,13,19-20H,11-12H2,1-8H3. The number of ether oxygens (including phenoxy) is 2. The van der Waals surface area contributed by atoms with E-state index < -0.39 is 11.9 Å². The highest BCUT2D eigenvalue weighted by molar-refractivity contribution is 6.05. The minimum absolute atomic E-state index is 0.124. The van der Waals surface area contributed by atoms with Crippen molar-refractivity contribution in [2.45, 2.75) is 61.8 Å². The molecule has 7 heteroatoms. The molecule has 1 fully saturated rings. The molecule has 2 unspecified atom stereocenters. The normalized spacial score (nSPS) is 19.5. The van der Waals surface area contributed by atoms with Gasteiger partial charge in [0, 0.05) is 20.4 Å². The molecule has 1 saturated heterocycles. The Morgan fingerprint density at radius 2 is 1.29 bits per heavy atom. The van der Waals surface area contributed by atoms with E-state index in [1.165, 1.54) is 18.7 Å². The fourth-order valence-electron chi connectivity index (χ4n) is 4.11. The molecule has 2 amide bonds. The fraction of sp³-hybridized carbons (Fsp3) is 0.583. The van der Waals surface area contributed by atoms with Gasteiger partial charge in [-0.3, -0.25) is 24.1 Å². The molecule has 31 heavy (non-hydrogen) atoms. The van der Waals surface area contributed by atoms with E-state index in [1.54, 1.807) is 18.2 Å². The Balaban J connectivity index is 2.27. The Kier molecular flexibility index (Phi) is 6.98. The molecule has 0 bridgehead atoms. The van der Waals surface area contributed by atoms with E-state index >= 15 is 0 Å². The molecule has 1 heterocycles. The number of amides is 2. The number of hydrogen-bond acceptors (Lipinski definition) is 6. The van der Waals surface area contributed by atoms with E-state index in [4.69, 9.17) is 9.47 Å². The van der Waals surface area contributed by atoms with Crippen molar-refractivity contribution in [2.24, 2.45) is 22.7 Å². The number of nitrogens with zero attached hydrogens (tertiary/aromatic N) is 1. The minimum atomic E-state index is -0.545. The third-order valence-corrected chi connectivity index (χ3v) is 5.40. The highest BCUT2D eigenvalue weighted by Crippen LogP contribution is 2.47. The van der Waals surface area contributed by atoms with Gasteiger partial charge in [-0.15, -0.1) is 0 Å². The number of carbonyl (C=O) groups is 4. The van der Waals surface area contributed by atoms with Crippen molar-refractivity contribution in [1.82, 2.24) is 4.90 Å². The summed E-state index contributed by atoms with van der Waals surface area (Å²) < 4.78 is 10.2. The lowest BCUT2D eigenvalue weighted by atomic mass is 9.65. The molecule has 1 aromatic rings. The van der Waals surface area contributed by atoms with E-state index in [1.807, 2.05) is 41.5 Å². The predicted molar refractivity (Wildman–Crippen MR) is 115 cm³/mol. The van der Waals surface area contributed by atoms with Crippen molar-refractivity contribution >= 4 is 23.8 Å². The molecule has 0 radical (unpaired) electrons. The van der Waals surface area contributed by atoms with Crippen LogP contribution in [0.5, 0.6) is 11.5 Å². The Hall–Kier alpha value is -2.70. The first kappa shape index (κ1) is 24.6. The van der Waals surface area contributed by atoms with E-state index in [0.717, 1.165) is 5.56 Å². The van der Waals surface area contributed by atoms with Gasteiger partial charge in [0.2, 0.25) is 11.8 Å². The van der Waals surface area contributed by atoms with Crippen LogP contribution in [0.4, 0.5) is 0 Å². The van der Waals surface area contributed by atoms with Crippen LogP contribution in [0.1, 0.15) is 61.0 Å². The van der Waals surface area contributed by atoms with Crippen molar-refractivity contribution in [2.75, 3.05) is 6.54 Å². The first-order chi connectivity index (χ1) is 14.1. The number of esters is 2. The van der Waals surface area contributed by atoms with Crippen molar-refractivity contribution in [3.8, 4) is 11.5 Å². The summed E-state index contributed by atoms with van der Waals surface area (Å²) in [4.78, 5) is 50.5. The van der Waals surface area contributed by atoms with Gasteiger partial charge in [-0.1, -0.05) is 47.6 Å². The third kappa shape index (κ3) is 5.71. The van der Waals surface area contributed by atoms with E-state index in [9.17, 15) is 19.2 Å². The zero-order valence-corrected chi connectivity index (χ0v) is 19.7. The molecular formula is C24H33NO6. The van der Waals surface area contributed by atoms with E-state index in [-0.39, 0.29) is 52.5 Å². The summed E-state index contributed by atoms with van der Waals surface area (Å²) in [6, 6.07) is 4.85. The Bertz CT molecular complexity index is 858. The highest BCUT2D eigenvalue weighted by Gasteiger charge is 2.55. The van der Waals surface area contributed by atoms with Crippen molar-refractivity contribution in [1.29, 1.82) is 0 Å². The molecule has 0 saturated carbocycles. The lowest BCUT2D eigenvalue weighted by Gasteiger charge is -2.35. The number of imide groups is 1. The van der Waals surface area contributed by atoms with Gasteiger partial charge in [0.15, 0.2) is 11.5 Å². The zero-order chi connectivity index (χ0) is 23.7. The second-order valence-electron chi connectivity index (χ2n) is 10.2. The predicted octanol–water partition coefficient (Wildman–Crippen LogP) is 3.77. The van der Waals surface area contributed by atoms with Crippen LogP contribution in [0.2, 0.25) is 0 Å². The third-order valence-electron chi connectivity index (χ3n) is 5.40. The van der Waals surface area contributed by atoms with Crippen LogP contribution in [0.15, 0.2) is 18.2 Å². The molecule has 1 aliphatic rings. The number of carbonyl (C=O) groups excluding carboxylic acids is 4. The molecule has 2 rings (SSSR count). The van der Waals surface area contributed by atoms with Gasteiger partial charge in [-0.05, 0) is 34.9 Å². The summed E-state index contributed by atoms with van der Waals surface area (Å²) in [5, 5.41) is 0. The minimum Gasteiger partial charge on any atom is -0.423 e. The summed E-state index contributed by atoms with van der Waals surface area (Å²) >= 11 is 0. The molecular weight excluding hydrogens is 398 g/mol. The summed E-state index contributed by atoms with van der Waals surface area (Å²) in [5.41, 5.74) is 0.0700. The second-order valence-corrected chi connectivity index (χ2v) is 10.2. The maximum absolute atomic E-state index is 13.2. The molecule has 0 spiro atoms. The van der Waals surface area contributed by atoms with Gasteiger partial charge < -0.3 is 9.47 Å². The van der Waals surface area contributed by atoms with Gasteiger partial charge in [-0.2, -0.15) is 0 Å². The number of likely N-dealkylation sites (tertiary alicyclic amines) is 1. The summed E-state index contributed by atoms with van der Waals surface area (Å²) in [6.45, 7) is 14.7. The Labute approximate surface area is 184 Å². The van der Waals surface area contributed by atoms with Crippen molar-refractivity contribution < 1.29 is 28.7 Å². The van der Waals surface area contributed by atoms with Crippen LogP contribution in [-0.2, 0) is 25.6 Å². The van der Waals surface area contributed by atoms with Crippen LogP contribution in [-0.4, -0.2) is 35.2 Å². The lowest BCUT2D eigenvalue weighted by Crippen LogP contribution is -2.38. The molecule has 1 aliphatic heterocycles. The smallest absolute Gasteiger partial charge is 0.308 e. The monoisotopic (exact) mass is 431 g/mol. The summed E-state index contributed by atoms with van der Waals surface area (Å²) in [7, 11) is 0. The highest BCUT2D eigenvalue weighted by atomic mass is 16.6. The van der Waals surface area contributed by atoms with Crippen molar-refractivity contribution in [3.63, 3.8) is 0 Å². The van der Waals surface area contributed by atoms with E-state index in [0.29, 0.717) is 6.42 Å². The van der Waals surface area contributed by atoms with Crippen LogP contribution in [0.3, 0.4) is 0 Å². The topological polar surface area (TPSA) is 90.0 Å². The van der Waals surface area contributed by atoms with Crippen LogP contribution >= 0.6 is 0 Å². The number of benzene rings is 1. The Morgan fingerprint density at radius 1 is 0.839 bits per heavy atom. The molecule has 2 atom stereocenters. The molecule has 0 aliphatic carbocycles. The van der Waals surface area contributed by atoms with Crippen LogP contribution < -0.4 is 9.47 Å². The first-order valence-corrected chi connectivity index (χ1v) is 10.5. The molecule has 0 N–H and O–H groups in total. The summed E-state index contributed by atoms with van der Waals surface area (Å²) in [5.74, 6) is -1.87. The molecule has 0 aromatic heterocycles. The fourth-order valence-corrected chi connectivity index (χ4v) is 4.11. The van der Waals surface area contributed by atoms with Crippen LogP contribution in [0, 0.1) is 22.7 Å². The van der Waals surface area contributed by atoms with Gasteiger partial charge >= 0.3 is 11.9 Å². The zero-order valence-electron chi connectivity index (χ0n) is 19.7. The average molecular weight is 432 g/mol. The average Bonchev–Trinajstić information content (AvgIpc) is 2.85. The van der Waals surface area contributed by atoms with E-state index in [2.05, 4.69) is 0 Å². The SMILES string of the molecule is CC(=O)Oc1ccc(CCN2C(=O)C(C(C)(C)C)C(C(C)(C)C)C2=O)cc1OC(C)=O. The first-order valence-electron chi connectivity index (χ1n) is 10.5.